The highest BCUT2D eigenvalue weighted by molar-refractivity contribution is 5.89. The van der Waals surface area contributed by atoms with E-state index in [1.807, 2.05) is 18.3 Å². The van der Waals surface area contributed by atoms with Gasteiger partial charge >= 0.3 is 18.1 Å². The average molecular weight is 517 g/mol. The lowest BCUT2D eigenvalue weighted by molar-refractivity contribution is -0.140. The molecule has 2 aromatic heterocycles. The van der Waals surface area contributed by atoms with E-state index in [-0.39, 0.29) is 0 Å². The molecule has 37 heavy (non-hydrogen) atoms. The molecule has 2 saturated heterocycles. The number of aliphatic carboxylic acids is 2. The Balaban J connectivity index is 0.000000349. The van der Waals surface area contributed by atoms with Gasteiger partial charge in [-0.3, -0.25) is 4.98 Å². The Morgan fingerprint density at radius 3 is 2.27 bits per heavy atom. The van der Waals surface area contributed by atoms with Crippen LogP contribution in [0.5, 0.6) is 0 Å². The maximum Gasteiger partial charge on any atom is 0.431 e. The highest BCUT2D eigenvalue weighted by atomic mass is 19.4. The number of carboxylic acids is 2. The first kappa shape index (κ1) is 26.2. The first-order chi connectivity index (χ1) is 17.5. The van der Waals surface area contributed by atoms with Gasteiger partial charge in [0.05, 0.1) is 5.69 Å². The SMILES string of the molecule is CN1C2CCC1CC(Nc1cncc(-c3ccc4[nH]c(C(F)(F)F)cc4c3)c1)C2.O=C(O)/C=C/C(=O)O. The topological polar surface area (TPSA) is 119 Å². The molecule has 0 amide bonds. The van der Waals surface area contributed by atoms with E-state index in [1.165, 1.54) is 12.8 Å². The molecule has 1 aromatic carbocycles. The van der Waals surface area contributed by atoms with Crippen LogP contribution in [0.15, 0.2) is 54.9 Å². The summed E-state index contributed by atoms with van der Waals surface area (Å²) in [5.41, 5.74) is 2.45. The zero-order chi connectivity index (χ0) is 26.7. The zero-order valence-corrected chi connectivity index (χ0v) is 20.0. The minimum absolute atomic E-state index is 0.433. The summed E-state index contributed by atoms with van der Waals surface area (Å²) >= 11 is 0. The quantitative estimate of drug-likeness (QED) is 0.353. The van der Waals surface area contributed by atoms with E-state index in [0.29, 0.717) is 41.2 Å². The van der Waals surface area contributed by atoms with Crippen LogP contribution in [0.2, 0.25) is 0 Å². The first-order valence-electron chi connectivity index (χ1n) is 11.8. The van der Waals surface area contributed by atoms with Crippen molar-refractivity contribution < 1.29 is 33.0 Å². The number of carbonyl (C=O) groups is 2. The van der Waals surface area contributed by atoms with E-state index in [4.69, 9.17) is 10.2 Å². The number of halogens is 3. The molecule has 2 fully saturated rings. The lowest BCUT2D eigenvalue weighted by Gasteiger charge is -2.37. The van der Waals surface area contributed by atoms with Gasteiger partial charge < -0.3 is 25.4 Å². The summed E-state index contributed by atoms with van der Waals surface area (Å²) in [6.45, 7) is 0. The number of piperidine rings is 1. The fraction of sp³-hybridized carbons (Fsp3) is 0.346. The number of rotatable bonds is 5. The van der Waals surface area contributed by atoms with E-state index in [2.05, 4.69) is 27.2 Å². The van der Waals surface area contributed by atoms with Crippen molar-refractivity contribution in [1.29, 1.82) is 0 Å². The van der Waals surface area contributed by atoms with Crippen LogP contribution in [-0.2, 0) is 15.8 Å². The van der Waals surface area contributed by atoms with Gasteiger partial charge in [0.2, 0.25) is 0 Å². The van der Waals surface area contributed by atoms with Crippen LogP contribution in [0.25, 0.3) is 22.0 Å². The van der Waals surface area contributed by atoms with Crippen LogP contribution < -0.4 is 5.32 Å². The highest BCUT2D eigenvalue weighted by Gasteiger charge is 2.38. The van der Waals surface area contributed by atoms with E-state index in [0.717, 1.165) is 35.7 Å². The summed E-state index contributed by atoms with van der Waals surface area (Å²) in [5, 5.41) is 19.8. The van der Waals surface area contributed by atoms with Crippen LogP contribution in [0.4, 0.5) is 18.9 Å². The molecule has 2 aliphatic rings. The molecule has 5 rings (SSSR count). The number of pyridine rings is 1. The second kappa shape index (κ2) is 10.6. The van der Waals surface area contributed by atoms with Crippen LogP contribution in [-0.4, -0.2) is 62.2 Å². The number of H-pyrrole nitrogens is 1. The molecule has 2 unspecified atom stereocenters. The molecule has 4 N–H and O–H groups in total. The van der Waals surface area contributed by atoms with Gasteiger partial charge in [0.15, 0.2) is 0 Å². The molecule has 2 bridgehead atoms. The maximum atomic E-state index is 13.0. The largest absolute Gasteiger partial charge is 0.478 e. The Bertz CT molecular complexity index is 1290. The number of fused-ring (bicyclic) bond motifs is 3. The molecular weight excluding hydrogens is 489 g/mol. The normalized spacial score (nSPS) is 21.6. The molecule has 3 aromatic rings. The van der Waals surface area contributed by atoms with Crippen LogP contribution in [0.1, 0.15) is 31.4 Å². The second-order valence-corrected chi connectivity index (χ2v) is 9.32. The second-order valence-electron chi connectivity index (χ2n) is 9.32. The van der Waals surface area contributed by atoms with Crippen molar-refractivity contribution in [2.24, 2.45) is 0 Å². The fourth-order valence-corrected chi connectivity index (χ4v) is 5.05. The number of alkyl halides is 3. The van der Waals surface area contributed by atoms with Gasteiger partial charge in [-0.05, 0) is 62.6 Å². The Morgan fingerprint density at radius 1 is 1.03 bits per heavy atom. The standard InChI is InChI=1S/C22H23F3N4.C4H4O4/c1-29-18-3-4-19(29)10-16(9-18)27-17-7-15(11-26-12-17)13-2-5-20-14(6-13)8-21(28-20)22(23,24)25;5-3(6)1-2-4(7)8/h2,5-8,11-12,16,18-19,27-28H,3-4,9-10H2,1H3;1-2H,(H,5,6)(H,7,8)/b;2-1+. The third-order valence-electron chi connectivity index (χ3n) is 6.84. The van der Waals surface area contributed by atoms with Gasteiger partial charge in [0, 0.05) is 59.1 Å². The number of nitrogens with one attached hydrogen (secondary N) is 2. The predicted octanol–water partition coefficient (Wildman–Crippen LogP) is 5.00. The van der Waals surface area contributed by atoms with Gasteiger partial charge in [-0.25, -0.2) is 9.59 Å². The maximum absolute atomic E-state index is 13.0. The molecule has 196 valence electrons. The lowest BCUT2D eigenvalue weighted by Crippen LogP contribution is -2.44. The summed E-state index contributed by atoms with van der Waals surface area (Å²) < 4.78 is 38.9. The lowest BCUT2D eigenvalue weighted by atomic mass is 9.97. The number of hydrogen-bond acceptors (Lipinski definition) is 5. The molecule has 0 radical (unpaired) electrons. The van der Waals surface area contributed by atoms with E-state index in [1.54, 1.807) is 18.3 Å². The number of aromatic nitrogens is 2. The van der Waals surface area contributed by atoms with Gasteiger partial charge in [-0.2, -0.15) is 13.2 Å². The van der Waals surface area contributed by atoms with Gasteiger partial charge in [-0.15, -0.1) is 0 Å². The van der Waals surface area contributed by atoms with Crippen LogP contribution in [0.3, 0.4) is 0 Å². The Labute approximate surface area is 210 Å². The van der Waals surface area contributed by atoms with Crippen molar-refractivity contribution in [2.45, 2.75) is 50.0 Å². The molecule has 2 atom stereocenters. The van der Waals surface area contributed by atoms with Gasteiger partial charge in [0.25, 0.3) is 0 Å². The summed E-state index contributed by atoms with van der Waals surface area (Å²) in [5.74, 6) is -2.51. The molecular formula is C26H27F3N4O4. The zero-order valence-electron chi connectivity index (χ0n) is 20.0. The molecule has 4 heterocycles. The van der Waals surface area contributed by atoms with E-state index >= 15 is 0 Å². The van der Waals surface area contributed by atoms with Crippen molar-refractivity contribution in [3.63, 3.8) is 0 Å². The fourth-order valence-electron chi connectivity index (χ4n) is 5.05. The molecule has 0 spiro atoms. The molecule has 11 heteroatoms. The van der Waals surface area contributed by atoms with Crippen molar-refractivity contribution in [1.82, 2.24) is 14.9 Å². The Kier molecular flexibility index (Phi) is 7.53. The van der Waals surface area contributed by atoms with Crippen LogP contribution in [0, 0.1) is 0 Å². The number of anilines is 1. The number of hydrogen-bond donors (Lipinski definition) is 4. The monoisotopic (exact) mass is 516 g/mol. The number of nitrogens with zero attached hydrogens (tertiary/aromatic N) is 2. The number of carboxylic acid groups (broad SMARTS) is 2. The van der Waals surface area contributed by atoms with Gasteiger partial charge in [0.1, 0.15) is 5.69 Å². The minimum atomic E-state index is -4.38. The van der Waals surface area contributed by atoms with Gasteiger partial charge in [-0.1, -0.05) is 6.07 Å². The van der Waals surface area contributed by atoms with Crippen molar-refractivity contribution in [2.75, 3.05) is 12.4 Å². The van der Waals surface area contributed by atoms with Crippen molar-refractivity contribution in [3.8, 4) is 11.1 Å². The third-order valence-corrected chi connectivity index (χ3v) is 6.84. The van der Waals surface area contributed by atoms with Crippen LogP contribution >= 0.6 is 0 Å². The summed E-state index contributed by atoms with van der Waals surface area (Å²) in [7, 11) is 2.22. The highest BCUT2D eigenvalue weighted by Crippen LogP contribution is 2.36. The van der Waals surface area contributed by atoms with Crippen molar-refractivity contribution in [3.05, 3.63) is 60.6 Å². The first-order valence-corrected chi connectivity index (χ1v) is 11.8. The smallest absolute Gasteiger partial charge is 0.431 e. The Morgan fingerprint density at radius 2 is 1.68 bits per heavy atom. The minimum Gasteiger partial charge on any atom is -0.478 e. The summed E-state index contributed by atoms with van der Waals surface area (Å²) in [6.07, 6.45) is 5.12. The molecule has 8 nitrogen and oxygen atoms in total. The summed E-state index contributed by atoms with van der Waals surface area (Å²) in [4.78, 5) is 28.4. The van der Waals surface area contributed by atoms with Crippen molar-refractivity contribution >= 4 is 28.5 Å². The number of benzene rings is 1. The third kappa shape index (κ3) is 6.48. The summed E-state index contributed by atoms with van der Waals surface area (Å²) in [6, 6.07) is 10.2. The molecule has 0 aliphatic carbocycles. The van der Waals surface area contributed by atoms with E-state index < -0.39 is 23.8 Å². The predicted molar refractivity (Wildman–Crippen MR) is 132 cm³/mol. The average Bonchev–Trinajstić information content (AvgIpc) is 3.35. The molecule has 2 aliphatic heterocycles. The molecule has 0 saturated carbocycles. The van der Waals surface area contributed by atoms with E-state index in [9.17, 15) is 22.8 Å². The Hall–Kier alpha value is -3.86. The number of aromatic amines is 1.